The van der Waals surface area contributed by atoms with Crippen LogP contribution in [0.25, 0.3) is 11.0 Å². The van der Waals surface area contributed by atoms with Crippen molar-refractivity contribution in [2.24, 2.45) is 5.73 Å². The van der Waals surface area contributed by atoms with Gasteiger partial charge in [-0.25, -0.2) is 4.79 Å². The lowest BCUT2D eigenvalue weighted by Gasteiger charge is -2.23. The van der Waals surface area contributed by atoms with Gasteiger partial charge in [0.25, 0.3) is 0 Å². The van der Waals surface area contributed by atoms with Gasteiger partial charge in [-0.3, -0.25) is 4.79 Å². The van der Waals surface area contributed by atoms with Gasteiger partial charge in [0.1, 0.15) is 29.2 Å². The minimum atomic E-state index is -1.83. The van der Waals surface area contributed by atoms with Gasteiger partial charge in [0.05, 0.1) is 28.8 Å². The Bertz CT molecular complexity index is 1120. The van der Waals surface area contributed by atoms with Crippen LogP contribution in [0.1, 0.15) is 16.1 Å². The zero-order chi connectivity index (χ0) is 22.8. The number of fused-ring (bicyclic) bond motifs is 1. The van der Waals surface area contributed by atoms with Crippen molar-refractivity contribution in [2.75, 3.05) is 25.1 Å². The molecule has 1 heterocycles. The summed E-state index contributed by atoms with van der Waals surface area (Å²) in [6, 6.07) is 8.02. The Hall–Kier alpha value is -2.82. The third kappa shape index (κ3) is 4.76. The van der Waals surface area contributed by atoms with Crippen molar-refractivity contribution in [2.45, 2.75) is 5.60 Å². The topological polar surface area (TPSA) is 155 Å². The zero-order valence-corrected chi connectivity index (χ0v) is 17.4. The van der Waals surface area contributed by atoms with Crippen LogP contribution in [0.3, 0.4) is 0 Å². The molecule has 164 valence electrons. The van der Waals surface area contributed by atoms with Crippen molar-refractivity contribution in [3.05, 3.63) is 57.8 Å². The molecule has 0 saturated heterocycles. The van der Waals surface area contributed by atoms with Gasteiger partial charge in [-0.05, 0) is 24.3 Å². The van der Waals surface area contributed by atoms with Crippen LogP contribution in [-0.4, -0.2) is 52.6 Å². The molecule has 0 fully saturated rings. The van der Waals surface area contributed by atoms with Gasteiger partial charge in [0, 0.05) is 11.5 Å². The SMILES string of the molecule is NC(=O)Nc1c(C(=O)c2c(Cl)cccc2Cl)oc2cc(OCC(O)(CO)CO)ccc12. The largest absolute Gasteiger partial charge is 0.490 e. The highest BCUT2D eigenvalue weighted by Crippen LogP contribution is 2.37. The first-order valence-corrected chi connectivity index (χ1v) is 9.63. The normalized spacial score (nSPS) is 11.5. The molecule has 3 aromatic rings. The van der Waals surface area contributed by atoms with E-state index >= 15 is 0 Å². The van der Waals surface area contributed by atoms with Crippen molar-refractivity contribution < 1.29 is 34.1 Å². The molecular formula is C20H18Cl2N2O7. The number of carbonyl (C=O) groups is 2. The molecule has 0 spiro atoms. The lowest BCUT2D eigenvalue weighted by molar-refractivity contribution is -0.0806. The molecule has 0 saturated carbocycles. The molecule has 2 amide bonds. The number of nitrogens with one attached hydrogen (secondary N) is 1. The van der Waals surface area contributed by atoms with Gasteiger partial charge in [-0.2, -0.15) is 0 Å². The number of ketones is 1. The summed E-state index contributed by atoms with van der Waals surface area (Å²) in [5.74, 6) is -0.710. The van der Waals surface area contributed by atoms with E-state index in [1.165, 1.54) is 30.3 Å². The number of benzene rings is 2. The number of halogens is 2. The molecule has 6 N–H and O–H groups in total. The Morgan fingerprint density at radius 1 is 1.13 bits per heavy atom. The zero-order valence-electron chi connectivity index (χ0n) is 15.9. The first-order valence-electron chi connectivity index (χ1n) is 8.87. The van der Waals surface area contributed by atoms with Crippen LogP contribution >= 0.6 is 23.2 Å². The standard InChI is InChI=1S/C20H18Cl2N2O7/c21-12-2-1-3-13(22)15(12)17(27)18-16(24-19(23)28)11-5-4-10(6-14(11)31-18)30-9-20(29,7-25)8-26/h1-6,25-26,29H,7-9H2,(H3,23,24,28). The van der Waals surface area contributed by atoms with Crippen LogP contribution in [0, 0.1) is 0 Å². The van der Waals surface area contributed by atoms with Crippen LogP contribution in [0.4, 0.5) is 10.5 Å². The molecule has 0 bridgehead atoms. The van der Waals surface area contributed by atoms with E-state index in [0.29, 0.717) is 5.39 Å². The van der Waals surface area contributed by atoms with E-state index in [1.54, 1.807) is 6.07 Å². The molecule has 0 atom stereocenters. The fourth-order valence-electron chi connectivity index (χ4n) is 2.76. The van der Waals surface area contributed by atoms with Crippen LogP contribution in [0.15, 0.2) is 40.8 Å². The van der Waals surface area contributed by atoms with Crippen LogP contribution in [0.2, 0.25) is 10.0 Å². The number of amides is 2. The lowest BCUT2D eigenvalue weighted by atomic mass is 10.1. The summed E-state index contributed by atoms with van der Waals surface area (Å²) in [6.45, 7) is -1.83. The van der Waals surface area contributed by atoms with Gasteiger partial charge in [-0.15, -0.1) is 0 Å². The monoisotopic (exact) mass is 468 g/mol. The van der Waals surface area contributed by atoms with E-state index in [9.17, 15) is 14.7 Å². The van der Waals surface area contributed by atoms with Crippen molar-refractivity contribution >= 4 is 51.7 Å². The maximum absolute atomic E-state index is 13.1. The van der Waals surface area contributed by atoms with Crippen molar-refractivity contribution in [3.63, 3.8) is 0 Å². The number of nitrogens with two attached hydrogens (primary N) is 1. The van der Waals surface area contributed by atoms with E-state index < -0.39 is 37.2 Å². The number of hydrogen-bond donors (Lipinski definition) is 5. The number of primary amides is 1. The molecule has 0 aliphatic heterocycles. The number of furan rings is 1. The van der Waals surface area contributed by atoms with Crippen LogP contribution in [0.5, 0.6) is 5.75 Å². The Kier molecular flexibility index (Phi) is 6.73. The summed E-state index contributed by atoms with van der Waals surface area (Å²) in [5.41, 5.74) is 3.58. The molecular weight excluding hydrogens is 451 g/mol. The Morgan fingerprint density at radius 2 is 1.77 bits per heavy atom. The first kappa shape index (κ1) is 22.9. The fourth-order valence-corrected chi connectivity index (χ4v) is 3.33. The summed E-state index contributed by atoms with van der Waals surface area (Å²) in [5, 5.41) is 31.1. The molecule has 0 radical (unpaired) electrons. The average Bonchev–Trinajstić information content (AvgIpc) is 3.09. The number of urea groups is 1. The summed E-state index contributed by atoms with van der Waals surface area (Å²) in [6.07, 6.45) is 0. The summed E-state index contributed by atoms with van der Waals surface area (Å²) >= 11 is 12.2. The van der Waals surface area contributed by atoms with Gasteiger partial charge in [-0.1, -0.05) is 29.3 Å². The number of ether oxygens (including phenoxy) is 1. The molecule has 31 heavy (non-hydrogen) atoms. The highest BCUT2D eigenvalue weighted by Gasteiger charge is 2.28. The minimum Gasteiger partial charge on any atom is -0.490 e. The summed E-state index contributed by atoms with van der Waals surface area (Å²) < 4.78 is 11.1. The van der Waals surface area contributed by atoms with Gasteiger partial charge >= 0.3 is 6.03 Å². The molecule has 9 nitrogen and oxygen atoms in total. The van der Waals surface area contributed by atoms with E-state index in [1.807, 2.05) is 0 Å². The molecule has 1 aromatic heterocycles. The molecule has 2 aromatic carbocycles. The van der Waals surface area contributed by atoms with Crippen molar-refractivity contribution in [1.82, 2.24) is 0 Å². The van der Waals surface area contributed by atoms with Crippen molar-refractivity contribution in [3.8, 4) is 5.75 Å². The molecule has 3 rings (SSSR count). The number of carbonyl (C=O) groups excluding carboxylic acids is 2. The quantitative estimate of drug-likeness (QED) is 0.318. The minimum absolute atomic E-state index is 0.00941. The van der Waals surface area contributed by atoms with Crippen LogP contribution < -0.4 is 15.8 Å². The Morgan fingerprint density at radius 3 is 2.35 bits per heavy atom. The predicted molar refractivity (Wildman–Crippen MR) is 114 cm³/mol. The number of aliphatic hydroxyl groups excluding tert-OH is 2. The summed E-state index contributed by atoms with van der Waals surface area (Å²) in [4.78, 5) is 24.6. The average molecular weight is 469 g/mol. The predicted octanol–water partition coefficient (Wildman–Crippen LogP) is 2.56. The van der Waals surface area contributed by atoms with E-state index in [4.69, 9.17) is 48.3 Å². The molecule has 0 aliphatic rings. The molecule has 11 heteroatoms. The Balaban J connectivity index is 2.05. The molecule has 0 unspecified atom stereocenters. The number of anilines is 1. The maximum Gasteiger partial charge on any atom is 0.316 e. The van der Waals surface area contributed by atoms with Gasteiger partial charge in [0.2, 0.25) is 5.78 Å². The third-order valence-corrected chi connectivity index (χ3v) is 5.03. The second-order valence-corrected chi connectivity index (χ2v) is 7.52. The molecule has 0 aliphatic carbocycles. The highest BCUT2D eigenvalue weighted by atomic mass is 35.5. The van der Waals surface area contributed by atoms with Crippen LogP contribution in [-0.2, 0) is 0 Å². The number of rotatable bonds is 8. The van der Waals surface area contributed by atoms with Gasteiger partial charge in [0.15, 0.2) is 5.76 Å². The van der Waals surface area contributed by atoms with E-state index in [0.717, 1.165) is 0 Å². The van der Waals surface area contributed by atoms with Gasteiger partial charge < -0.3 is 35.5 Å². The number of aliphatic hydroxyl groups is 3. The second-order valence-electron chi connectivity index (χ2n) is 6.71. The van der Waals surface area contributed by atoms with E-state index in [2.05, 4.69) is 5.32 Å². The second kappa shape index (κ2) is 9.13. The first-order chi connectivity index (χ1) is 14.7. The smallest absolute Gasteiger partial charge is 0.316 e. The fraction of sp³-hybridized carbons (Fsp3) is 0.200. The van der Waals surface area contributed by atoms with E-state index in [-0.39, 0.29) is 38.4 Å². The lowest BCUT2D eigenvalue weighted by Crippen LogP contribution is -2.43. The summed E-state index contributed by atoms with van der Waals surface area (Å²) in [7, 11) is 0. The highest BCUT2D eigenvalue weighted by molar-refractivity contribution is 6.41. The third-order valence-electron chi connectivity index (χ3n) is 4.40. The maximum atomic E-state index is 13.1. The van der Waals surface area contributed by atoms with Crippen molar-refractivity contribution in [1.29, 1.82) is 0 Å². The number of hydrogen-bond acceptors (Lipinski definition) is 7. The Labute approximate surface area is 185 Å².